The Hall–Kier alpha value is -1.66. The van der Waals surface area contributed by atoms with Gasteiger partial charge in [-0.25, -0.2) is 4.39 Å². The minimum atomic E-state index is -0.862. The maximum Gasteiger partial charge on any atom is 0.247 e. The van der Waals surface area contributed by atoms with Gasteiger partial charge in [0, 0.05) is 19.7 Å². The van der Waals surface area contributed by atoms with Crippen LogP contribution in [-0.2, 0) is 14.3 Å². The number of carbonyl (C=O) groups is 2. The fraction of sp³-hybridized carbons (Fsp3) is 0.579. The van der Waals surface area contributed by atoms with Crippen molar-refractivity contribution < 1.29 is 18.7 Å². The number of nitrogens with zero attached hydrogens (tertiary/aromatic N) is 1. The van der Waals surface area contributed by atoms with Crippen molar-refractivity contribution in [1.82, 2.24) is 10.2 Å². The minimum absolute atomic E-state index is 0.106. The summed E-state index contributed by atoms with van der Waals surface area (Å²) in [5.41, 5.74) is 0.550. The molecule has 0 aromatic heterocycles. The Labute approximate surface area is 158 Å². The van der Waals surface area contributed by atoms with E-state index in [-0.39, 0.29) is 36.9 Å². The highest BCUT2D eigenvalue weighted by atomic mass is 35.5. The topological polar surface area (TPSA) is 58.6 Å². The van der Waals surface area contributed by atoms with Crippen molar-refractivity contribution in [3.63, 3.8) is 0 Å². The molecule has 1 aromatic carbocycles. The summed E-state index contributed by atoms with van der Waals surface area (Å²) in [5.74, 6) is -1.26. The van der Waals surface area contributed by atoms with Crippen LogP contribution in [0.3, 0.4) is 0 Å². The van der Waals surface area contributed by atoms with E-state index in [4.69, 9.17) is 16.3 Å². The number of hydrogen-bond acceptors (Lipinski definition) is 3. The van der Waals surface area contributed by atoms with Crippen LogP contribution in [0.2, 0.25) is 0 Å². The van der Waals surface area contributed by atoms with Crippen LogP contribution in [0.1, 0.15) is 43.7 Å². The molecule has 0 saturated heterocycles. The molecule has 0 bridgehead atoms. The van der Waals surface area contributed by atoms with Crippen LogP contribution in [0.15, 0.2) is 24.3 Å². The monoisotopic (exact) mass is 384 g/mol. The van der Waals surface area contributed by atoms with E-state index in [0.717, 1.165) is 25.7 Å². The van der Waals surface area contributed by atoms with Gasteiger partial charge in [0.25, 0.3) is 0 Å². The van der Waals surface area contributed by atoms with Crippen molar-refractivity contribution in [2.75, 3.05) is 26.1 Å². The van der Waals surface area contributed by atoms with E-state index >= 15 is 0 Å². The van der Waals surface area contributed by atoms with Crippen LogP contribution in [0.25, 0.3) is 0 Å². The van der Waals surface area contributed by atoms with Gasteiger partial charge in [0.2, 0.25) is 11.8 Å². The van der Waals surface area contributed by atoms with Gasteiger partial charge in [-0.2, -0.15) is 0 Å². The Morgan fingerprint density at radius 3 is 2.50 bits per heavy atom. The van der Waals surface area contributed by atoms with Gasteiger partial charge in [-0.15, -0.1) is 11.6 Å². The minimum Gasteiger partial charge on any atom is -0.383 e. The summed E-state index contributed by atoms with van der Waals surface area (Å²) in [6.45, 7) is 0.499. The highest BCUT2D eigenvalue weighted by Crippen LogP contribution is 2.24. The molecular weight excluding hydrogens is 359 g/mol. The average molecular weight is 385 g/mol. The molecule has 1 atom stereocenters. The van der Waals surface area contributed by atoms with Crippen molar-refractivity contribution in [2.45, 2.75) is 44.2 Å². The highest BCUT2D eigenvalue weighted by molar-refractivity contribution is 6.27. The van der Waals surface area contributed by atoms with Gasteiger partial charge in [-0.05, 0) is 30.5 Å². The summed E-state index contributed by atoms with van der Waals surface area (Å²) in [7, 11) is 1.53. The van der Waals surface area contributed by atoms with Gasteiger partial charge >= 0.3 is 0 Å². The largest absolute Gasteiger partial charge is 0.383 e. The van der Waals surface area contributed by atoms with Crippen molar-refractivity contribution >= 4 is 23.4 Å². The maximum atomic E-state index is 13.3. The third-order valence-electron chi connectivity index (χ3n) is 4.67. The lowest BCUT2D eigenvalue weighted by Gasteiger charge is -2.33. The summed E-state index contributed by atoms with van der Waals surface area (Å²) >= 11 is 5.76. The maximum absolute atomic E-state index is 13.3. The number of nitrogens with one attached hydrogen (secondary N) is 1. The quantitative estimate of drug-likeness (QED) is 0.701. The second-order valence-electron chi connectivity index (χ2n) is 6.51. The van der Waals surface area contributed by atoms with Gasteiger partial charge < -0.3 is 15.0 Å². The molecule has 1 fully saturated rings. The first-order valence-electron chi connectivity index (χ1n) is 8.97. The highest BCUT2D eigenvalue weighted by Gasteiger charge is 2.32. The third-order valence-corrected chi connectivity index (χ3v) is 4.90. The van der Waals surface area contributed by atoms with E-state index in [1.165, 1.54) is 42.7 Å². The Morgan fingerprint density at radius 2 is 1.92 bits per heavy atom. The summed E-state index contributed by atoms with van der Waals surface area (Å²) in [6, 6.07) is 4.88. The summed E-state index contributed by atoms with van der Waals surface area (Å²) in [5, 5.41) is 3.06. The first-order valence-corrected chi connectivity index (χ1v) is 9.50. The third kappa shape index (κ3) is 5.68. The van der Waals surface area contributed by atoms with Gasteiger partial charge in [-0.3, -0.25) is 9.59 Å². The zero-order valence-electron chi connectivity index (χ0n) is 15.0. The second-order valence-corrected chi connectivity index (χ2v) is 6.78. The van der Waals surface area contributed by atoms with Gasteiger partial charge in [0.1, 0.15) is 17.7 Å². The number of benzene rings is 1. The molecule has 1 aromatic rings. The van der Waals surface area contributed by atoms with Crippen molar-refractivity contribution in [2.24, 2.45) is 0 Å². The standard InChI is InChI=1S/C19H26ClFN2O3/c1-26-12-11-23(17(24)13-20)18(14-7-9-15(21)10-8-14)19(25)22-16-5-3-2-4-6-16/h7-10,16,18H,2-6,11-13H2,1H3,(H,22,25). The van der Waals surface area contributed by atoms with Crippen LogP contribution in [-0.4, -0.2) is 48.9 Å². The van der Waals surface area contributed by atoms with Gasteiger partial charge in [-0.1, -0.05) is 31.4 Å². The summed E-state index contributed by atoms with van der Waals surface area (Å²) in [4.78, 5) is 26.8. The Morgan fingerprint density at radius 1 is 1.27 bits per heavy atom. The number of methoxy groups -OCH3 is 1. The Balaban J connectivity index is 2.27. The number of ether oxygens (including phenoxy) is 1. The first kappa shape index (κ1) is 20.6. The zero-order chi connectivity index (χ0) is 18.9. The van der Waals surface area contributed by atoms with Gasteiger partial charge in [0.05, 0.1) is 6.61 Å². The number of halogens is 2. The van der Waals surface area contributed by atoms with Crippen LogP contribution >= 0.6 is 11.6 Å². The zero-order valence-corrected chi connectivity index (χ0v) is 15.8. The normalized spacial score (nSPS) is 16.1. The molecule has 1 aliphatic carbocycles. The number of carbonyl (C=O) groups excluding carboxylic acids is 2. The number of hydrogen-bond donors (Lipinski definition) is 1. The molecule has 2 rings (SSSR count). The van der Waals surface area contributed by atoms with Crippen molar-refractivity contribution in [3.05, 3.63) is 35.6 Å². The Bertz CT molecular complexity index is 591. The first-order chi connectivity index (χ1) is 12.6. The molecule has 0 heterocycles. The number of amides is 2. The van der Waals surface area contributed by atoms with E-state index in [0.29, 0.717) is 5.56 Å². The molecule has 0 spiro atoms. The van der Waals surface area contributed by atoms with E-state index in [1.807, 2.05) is 0 Å². The molecule has 0 radical (unpaired) electrons. The Kier molecular flexibility index (Phi) is 8.32. The molecule has 7 heteroatoms. The molecule has 0 aliphatic heterocycles. The predicted octanol–water partition coefficient (Wildman–Crippen LogP) is 3.03. The molecule has 1 saturated carbocycles. The predicted molar refractivity (Wildman–Crippen MR) is 98.5 cm³/mol. The van der Waals surface area contributed by atoms with Gasteiger partial charge in [0.15, 0.2) is 0 Å². The lowest BCUT2D eigenvalue weighted by Crippen LogP contribution is -2.48. The molecule has 26 heavy (non-hydrogen) atoms. The summed E-state index contributed by atoms with van der Waals surface area (Å²) in [6.07, 6.45) is 5.21. The smallest absolute Gasteiger partial charge is 0.247 e. The van der Waals surface area contributed by atoms with Crippen LogP contribution in [0.4, 0.5) is 4.39 Å². The molecule has 1 N–H and O–H groups in total. The molecule has 2 amide bonds. The fourth-order valence-corrected chi connectivity index (χ4v) is 3.46. The summed E-state index contributed by atoms with van der Waals surface area (Å²) < 4.78 is 18.4. The van der Waals surface area contributed by atoms with Crippen LogP contribution in [0, 0.1) is 5.82 Å². The van der Waals surface area contributed by atoms with E-state index in [1.54, 1.807) is 0 Å². The van der Waals surface area contributed by atoms with Crippen molar-refractivity contribution in [1.29, 1.82) is 0 Å². The fourth-order valence-electron chi connectivity index (χ4n) is 3.31. The van der Waals surface area contributed by atoms with E-state index < -0.39 is 11.9 Å². The van der Waals surface area contributed by atoms with E-state index in [2.05, 4.69) is 5.32 Å². The van der Waals surface area contributed by atoms with Crippen LogP contribution < -0.4 is 5.32 Å². The molecule has 144 valence electrons. The molecule has 5 nitrogen and oxygen atoms in total. The average Bonchev–Trinajstić information content (AvgIpc) is 2.66. The molecule has 1 aliphatic rings. The van der Waals surface area contributed by atoms with E-state index in [9.17, 15) is 14.0 Å². The lowest BCUT2D eigenvalue weighted by atomic mass is 9.94. The SMILES string of the molecule is COCCN(C(=O)CCl)C(C(=O)NC1CCCCC1)c1ccc(F)cc1. The number of alkyl halides is 1. The lowest BCUT2D eigenvalue weighted by molar-refractivity contribution is -0.140. The molecule has 1 unspecified atom stereocenters. The molecular formula is C19H26ClFN2O3. The number of rotatable bonds is 8. The second kappa shape index (κ2) is 10.5. The van der Waals surface area contributed by atoms with Crippen molar-refractivity contribution in [3.8, 4) is 0 Å². The van der Waals surface area contributed by atoms with Crippen LogP contribution in [0.5, 0.6) is 0 Å².